The number of H-pyrrole nitrogens is 1. The monoisotopic (exact) mass is 442 g/mol. The average molecular weight is 443 g/mol. The lowest BCUT2D eigenvalue weighted by atomic mass is 10.00. The maximum absolute atomic E-state index is 13.7. The first-order chi connectivity index (χ1) is 15.0. The molecule has 0 atom stereocenters. The van der Waals surface area contributed by atoms with E-state index in [2.05, 4.69) is 15.3 Å². The van der Waals surface area contributed by atoms with Gasteiger partial charge in [0.15, 0.2) is 5.13 Å². The molecule has 2 aliphatic heterocycles. The highest BCUT2D eigenvalue weighted by atomic mass is 32.1. The molecule has 2 aliphatic rings. The molecule has 1 saturated heterocycles. The second kappa shape index (κ2) is 8.05. The quantitative estimate of drug-likeness (QED) is 0.648. The van der Waals surface area contributed by atoms with E-state index in [1.807, 2.05) is 6.92 Å². The van der Waals surface area contributed by atoms with E-state index in [-0.39, 0.29) is 23.5 Å². The van der Waals surface area contributed by atoms with Gasteiger partial charge in [-0.1, -0.05) is 11.3 Å². The Morgan fingerprint density at radius 1 is 1.29 bits per heavy atom. The Balaban J connectivity index is 1.30. The Bertz CT molecular complexity index is 1170. The van der Waals surface area contributed by atoms with Crippen molar-refractivity contribution in [2.75, 3.05) is 25.1 Å². The third-order valence-corrected chi connectivity index (χ3v) is 6.98. The van der Waals surface area contributed by atoms with Crippen LogP contribution in [0, 0.1) is 18.7 Å². The third-order valence-electron chi connectivity index (χ3n) is 5.98. The molecule has 4 heterocycles. The number of aromatic nitrogens is 2. The van der Waals surface area contributed by atoms with Crippen molar-refractivity contribution < 1.29 is 18.7 Å². The molecule has 5 rings (SSSR count). The lowest BCUT2D eigenvalue weighted by molar-refractivity contribution is -0.122. The van der Waals surface area contributed by atoms with E-state index < -0.39 is 0 Å². The lowest BCUT2D eigenvalue weighted by Gasteiger charge is -2.25. The van der Waals surface area contributed by atoms with Gasteiger partial charge in [-0.25, -0.2) is 9.37 Å². The van der Waals surface area contributed by atoms with Crippen molar-refractivity contribution in [3.05, 3.63) is 45.8 Å². The van der Waals surface area contributed by atoms with Crippen molar-refractivity contribution >= 4 is 39.2 Å². The van der Waals surface area contributed by atoms with Gasteiger partial charge >= 0.3 is 0 Å². The number of rotatable bonds is 3. The number of carbonyl (C=O) groups excluding carboxylic acids is 2. The molecule has 31 heavy (non-hydrogen) atoms. The Kier molecular flexibility index (Phi) is 5.23. The minimum Gasteiger partial charge on any atom is -0.381 e. The van der Waals surface area contributed by atoms with Crippen molar-refractivity contribution in [1.29, 1.82) is 0 Å². The molecule has 9 heteroatoms. The van der Waals surface area contributed by atoms with E-state index in [4.69, 9.17) is 4.74 Å². The fraction of sp³-hybridized carbons (Fsp3) is 0.409. The fourth-order valence-electron chi connectivity index (χ4n) is 4.25. The van der Waals surface area contributed by atoms with E-state index in [0.29, 0.717) is 49.1 Å². The van der Waals surface area contributed by atoms with Crippen molar-refractivity contribution in [3.8, 4) is 0 Å². The molecule has 0 bridgehead atoms. The minimum absolute atomic E-state index is 0.0111. The Hall–Kier alpha value is -2.78. The Morgan fingerprint density at radius 3 is 2.90 bits per heavy atom. The third kappa shape index (κ3) is 3.95. The van der Waals surface area contributed by atoms with E-state index in [1.165, 1.54) is 23.5 Å². The summed E-state index contributed by atoms with van der Waals surface area (Å²) in [5, 5.41) is 4.38. The van der Waals surface area contributed by atoms with Crippen LogP contribution in [-0.2, 0) is 22.5 Å². The van der Waals surface area contributed by atoms with Crippen LogP contribution in [0.3, 0.4) is 0 Å². The van der Waals surface area contributed by atoms with Gasteiger partial charge in [0.05, 0.1) is 12.2 Å². The highest BCUT2D eigenvalue weighted by Gasteiger charge is 2.28. The average Bonchev–Trinajstić information content (AvgIpc) is 3.37. The van der Waals surface area contributed by atoms with Gasteiger partial charge < -0.3 is 19.9 Å². The van der Waals surface area contributed by atoms with Crippen molar-refractivity contribution in [3.63, 3.8) is 0 Å². The Morgan fingerprint density at radius 2 is 2.10 bits per heavy atom. The number of aryl methyl sites for hydroxylation is 1. The molecule has 7 nitrogen and oxygen atoms in total. The molecule has 2 N–H and O–H groups in total. The molecule has 2 aromatic heterocycles. The van der Waals surface area contributed by atoms with Crippen LogP contribution < -0.4 is 5.32 Å². The van der Waals surface area contributed by atoms with Gasteiger partial charge in [-0.2, -0.15) is 0 Å². The van der Waals surface area contributed by atoms with Gasteiger partial charge in [0.2, 0.25) is 5.91 Å². The zero-order chi connectivity index (χ0) is 21.5. The van der Waals surface area contributed by atoms with Gasteiger partial charge in [0.25, 0.3) is 5.91 Å². The van der Waals surface area contributed by atoms with Crippen LogP contribution in [0.5, 0.6) is 0 Å². The summed E-state index contributed by atoms with van der Waals surface area (Å²) in [6, 6.07) is 4.66. The topological polar surface area (TPSA) is 87.3 Å². The highest BCUT2D eigenvalue weighted by Crippen LogP contribution is 2.30. The van der Waals surface area contributed by atoms with Gasteiger partial charge in [-0.15, -0.1) is 0 Å². The fourth-order valence-corrected chi connectivity index (χ4v) is 5.28. The van der Waals surface area contributed by atoms with Gasteiger partial charge in [0, 0.05) is 47.9 Å². The van der Waals surface area contributed by atoms with E-state index in [0.717, 1.165) is 34.4 Å². The lowest BCUT2D eigenvalue weighted by Crippen LogP contribution is -2.35. The molecule has 0 saturated carbocycles. The van der Waals surface area contributed by atoms with Crippen LogP contribution in [0.2, 0.25) is 0 Å². The molecule has 2 amide bonds. The zero-order valence-electron chi connectivity index (χ0n) is 17.2. The van der Waals surface area contributed by atoms with Crippen molar-refractivity contribution in [2.45, 2.75) is 32.7 Å². The number of carbonyl (C=O) groups is 2. The summed E-state index contributed by atoms with van der Waals surface area (Å²) in [6.07, 6.45) is 2.10. The SMILES string of the molecule is Cc1cc(F)cc2[nH]c(C(=O)N3CCc4nc(NC(=O)C5CCOCC5)sc4C3)cc12. The van der Waals surface area contributed by atoms with Crippen LogP contribution in [0.15, 0.2) is 18.2 Å². The standard InChI is InChI=1S/C22H23FN4O3S/c1-12-8-14(23)9-17-15(12)10-18(24-17)21(29)27-5-2-16-19(11-27)31-22(25-16)26-20(28)13-3-6-30-7-4-13/h8-10,13,24H,2-7,11H2,1H3,(H,25,26,28). The predicted molar refractivity (Wildman–Crippen MR) is 116 cm³/mol. The van der Waals surface area contributed by atoms with Crippen LogP contribution in [-0.4, -0.2) is 46.4 Å². The second-order valence-corrected chi connectivity index (χ2v) is 9.19. The first kappa shape index (κ1) is 20.1. The number of anilines is 1. The number of nitrogens with zero attached hydrogens (tertiary/aromatic N) is 2. The number of nitrogens with one attached hydrogen (secondary N) is 2. The van der Waals surface area contributed by atoms with Crippen LogP contribution in [0.4, 0.5) is 9.52 Å². The van der Waals surface area contributed by atoms with Crippen LogP contribution in [0.1, 0.15) is 39.5 Å². The smallest absolute Gasteiger partial charge is 0.270 e. The van der Waals surface area contributed by atoms with Crippen molar-refractivity contribution in [1.82, 2.24) is 14.9 Å². The minimum atomic E-state index is -0.326. The summed E-state index contributed by atoms with van der Waals surface area (Å²) >= 11 is 1.43. The largest absolute Gasteiger partial charge is 0.381 e. The number of hydrogen-bond acceptors (Lipinski definition) is 5. The summed E-state index contributed by atoms with van der Waals surface area (Å²) in [5.41, 5.74) is 2.80. The number of hydrogen-bond donors (Lipinski definition) is 2. The predicted octanol–water partition coefficient (Wildman–Crippen LogP) is 3.64. The number of benzene rings is 1. The number of thiazole rings is 1. The first-order valence-corrected chi connectivity index (χ1v) is 11.2. The molecule has 0 radical (unpaired) electrons. The number of halogens is 1. The molecular weight excluding hydrogens is 419 g/mol. The molecule has 0 unspecified atom stereocenters. The summed E-state index contributed by atoms with van der Waals surface area (Å²) in [6.45, 7) is 4.05. The number of ether oxygens (including phenoxy) is 1. The number of fused-ring (bicyclic) bond motifs is 2. The van der Waals surface area contributed by atoms with E-state index in [1.54, 1.807) is 11.0 Å². The van der Waals surface area contributed by atoms with Gasteiger partial charge in [-0.05, 0) is 43.5 Å². The second-order valence-electron chi connectivity index (χ2n) is 8.11. The maximum Gasteiger partial charge on any atom is 0.270 e. The van der Waals surface area contributed by atoms with E-state index in [9.17, 15) is 14.0 Å². The van der Waals surface area contributed by atoms with Crippen LogP contribution in [0.25, 0.3) is 10.9 Å². The summed E-state index contributed by atoms with van der Waals surface area (Å²) in [4.78, 5) is 35.9. The summed E-state index contributed by atoms with van der Waals surface area (Å²) in [5.74, 6) is -0.498. The molecule has 0 spiro atoms. The molecule has 1 aromatic carbocycles. The number of aromatic amines is 1. The maximum atomic E-state index is 13.7. The molecule has 0 aliphatic carbocycles. The first-order valence-electron chi connectivity index (χ1n) is 10.4. The Labute approximate surface area is 182 Å². The summed E-state index contributed by atoms with van der Waals surface area (Å²) < 4.78 is 19.0. The van der Waals surface area contributed by atoms with Gasteiger partial charge in [-0.3, -0.25) is 9.59 Å². The molecular formula is C22H23FN4O3S. The number of amides is 2. The molecule has 162 valence electrons. The highest BCUT2D eigenvalue weighted by molar-refractivity contribution is 7.15. The van der Waals surface area contributed by atoms with E-state index >= 15 is 0 Å². The van der Waals surface area contributed by atoms with Crippen molar-refractivity contribution in [2.24, 2.45) is 5.92 Å². The molecule has 3 aromatic rings. The summed E-state index contributed by atoms with van der Waals surface area (Å²) in [7, 11) is 0. The normalized spacial score (nSPS) is 17.0. The molecule has 1 fully saturated rings. The zero-order valence-corrected chi connectivity index (χ0v) is 18.0. The van der Waals surface area contributed by atoms with Crippen LogP contribution >= 0.6 is 11.3 Å². The van der Waals surface area contributed by atoms with Gasteiger partial charge in [0.1, 0.15) is 11.5 Å².